The fourth-order valence-corrected chi connectivity index (χ4v) is 1.80. The number of rotatable bonds is 3. The van der Waals surface area contributed by atoms with Crippen molar-refractivity contribution >= 4 is 5.82 Å². The summed E-state index contributed by atoms with van der Waals surface area (Å²) < 4.78 is 28.5. The smallest absolute Gasteiger partial charge is 0.151 e. The zero-order valence-electron chi connectivity index (χ0n) is 9.95. The lowest BCUT2D eigenvalue weighted by Crippen LogP contribution is -2.15. The fraction of sp³-hybridized carbons (Fsp3) is 0.250. The average molecular weight is 252 g/mol. The van der Waals surface area contributed by atoms with Crippen molar-refractivity contribution in [1.82, 2.24) is 9.66 Å². The molecule has 2 aromatic rings. The van der Waals surface area contributed by atoms with E-state index in [0.29, 0.717) is 12.2 Å². The third kappa shape index (κ3) is 1.90. The van der Waals surface area contributed by atoms with E-state index in [2.05, 4.69) is 4.98 Å². The van der Waals surface area contributed by atoms with Crippen molar-refractivity contribution in [2.75, 3.05) is 11.6 Å². The first-order valence-corrected chi connectivity index (χ1v) is 5.62. The van der Waals surface area contributed by atoms with Crippen LogP contribution in [0.15, 0.2) is 18.2 Å². The first kappa shape index (κ1) is 12.3. The van der Waals surface area contributed by atoms with E-state index < -0.39 is 11.6 Å². The zero-order valence-corrected chi connectivity index (χ0v) is 9.95. The molecule has 2 rings (SSSR count). The number of hydrogen-bond donors (Lipinski definition) is 2. The molecule has 0 aliphatic heterocycles. The monoisotopic (exact) mass is 252 g/mol. The molecule has 0 spiro atoms. The summed E-state index contributed by atoms with van der Waals surface area (Å²) in [5, 5.41) is 0. The van der Waals surface area contributed by atoms with E-state index in [-0.39, 0.29) is 17.1 Å². The summed E-state index contributed by atoms with van der Waals surface area (Å²) in [7, 11) is 0. The summed E-state index contributed by atoms with van der Waals surface area (Å²) in [5.74, 6) is 4.86. The highest BCUT2D eigenvalue weighted by molar-refractivity contribution is 5.72. The minimum Gasteiger partial charge on any atom is -0.382 e. The van der Waals surface area contributed by atoms with Crippen molar-refractivity contribution < 1.29 is 8.78 Å². The topological polar surface area (TPSA) is 69.9 Å². The Morgan fingerprint density at radius 1 is 1.28 bits per heavy atom. The van der Waals surface area contributed by atoms with Gasteiger partial charge in [-0.15, -0.1) is 0 Å². The van der Waals surface area contributed by atoms with Crippen molar-refractivity contribution in [2.24, 2.45) is 0 Å². The Kier molecular flexibility index (Phi) is 3.18. The van der Waals surface area contributed by atoms with Crippen molar-refractivity contribution in [3.63, 3.8) is 0 Å². The van der Waals surface area contributed by atoms with Gasteiger partial charge in [0, 0.05) is 6.42 Å². The minimum atomic E-state index is -0.706. The van der Waals surface area contributed by atoms with E-state index in [0.717, 1.165) is 18.6 Å². The van der Waals surface area contributed by atoms with Crippen LogP contribution in [0.5, 0.6) is 0 Å². The second kappa shape index (κ2) is 4.64. The Hall–Kier alpha value is -2.11. The van der Waals surface area contributed by atoms with E-state index in [9.17, 15) is 8.78 Å². The van der Waals surface area contributed by atoms with Gasteiger partial charge in [-0.25, -0.2) is 18.4 Å². The lowest BCUT2D eigenvalue weighted by Gasteiger charge is -2.03. The second-order valence-electron chi connectivity index (χ2n) is 3.98. The van der Waals surface area contributed by atoms with Gasteiger partial charge in [0.05, 0.1) is 5.56 Å². The van der Waals surface area contributed by atoms with Crippen molar-refractivity contribution in [3.8, 4) is 11.3 Å². The number of aromatic nitrogens is 2. The van der Waals surface area contributed by atoms with Crippen LogP contribution >= 0.6 is 0 Å². The molecule has 0 atom stereocenters. The lowest BCUT2D eigenvalue weighted by atomic mass is 10.1. The normalized spacial score (nSPS) is 10.8. The summed E-state index contributed by atoms with van der Waals surface area (Å²) >= 11 is 0. The highest BCUT2D eigenvalue weighted by Crippen LogP contribution is 2.29. The molecule has 0 bridgehead atoms. The predicted octanol–water partition coefficient (Wildman–Crippen LogP) is 2.08. The average Bonchev–Trinajstić information content (AvgIpc) is 2.59. The summed E-state index contributed by atoms with van der Waals surface area (Å²) in [4.78, 5) is 4.12. The van der Waals surface area contributed by atoms with Gasteiger partial charge in [-0.2, -0.15) is 0 Å². The Morgan fingerprint density at radius 3 is 2.44 bits per heavy atom. The molecule has 4 N–H and O–H groups in total. The number of nitrogens with two attached hydrogens (primary N) is 2. The van der Waals surface area contributed by atoms with Crippen molar-refractivity contribution in [2.45, 2.75) is 19.8 Å². The summed E-state index contributed by atoms with van der Waals surface area (Å²) in [6.45, 7) is 1.95. The standard InChI is InChI=1S/C12H14F2N4/c1-2-4-9-17-11(12(15)18(9)16)10-7(13)5-3-6-8(10)14/h3,5-6H,2,4,15-16H2,1H3. The van der Waals surface area contributed by atoms with Crippen LogP contribution in [0.4, 0.5) is 14.6 Å². The van der Waals surface area contributed by atoms with Crippen LogP contribution in [0.3, 0.4) is 0 Å². The Balaban J connectivity index is 2.61. The molecule has 0 amide bonds. The third-order valence-corrected chi connectivity index (χ3v) is 2.69. The summed E-state index contributed by atoms with van der Waals surface area (Å²) in [5.41, 5.74) is 5.56. The van der Waals surface area contributed by atoms with Crippen LogP contribution in [-0.4, -0.2) is 9.66 Å². The quantitative estimate of drug-likeness (QED) is 0.821. The highest BCUT2D eigenvalue weighted by atomic mass is 19.1. The summed E-state index contributed by atoms with van der Waals surface area (Å²) in [6, 6.07) is 3.61. The van der Waals surface area contributed by atoms with Gasteiger partial charge in [0.15, 0.2) is 5.82 Å². The number of imidazole rings is 1. The molecular weight excluding hydrogens is 238 g/mol. The molecule has 1 aromatic carbocycles. The van der Waals surface area contributed by atoms with Crippen molar-refractivity contribution in [3.05, 3.63) is 35.7 Å². The molecule has 0 fully saturated rings. The van der Waals surface area contributed by atoms with E-state index in [4.69, 9.17) is 11.6 Å². The van der Waals surface area contributed by atoms with Gasteiger partial charge >= 0.3 is 0 Å². The highest BCUT2D eigenvalue weighted by Gasteiger charge is 2.20. The van der Waals surface area contributed by atoms with Gasteiger partial charge < -0.3 is 11.6 Å². The molecule has 96 valence electrons. The molecular formula is C12H14F2N4. The molecule has 1 heterocycles. The number of benzene rings is 1. The van der Waals surface area contributed by atoms with Crippen LogP contribution in [0.1, 0.15) is 19.2 Å². The van der Waals surface area contributed by atoms with Crippen LogP contribution in [-0.2, 0) is 6.42 Å². The van der Waals surface area contributed by atoms with E-state index in [1.165, 1.54) is 10.7 Å². The Bertz CT molecular complexity index is 557. The second-order valence-corrected chi connectivity index (χ2v) is 3.98. The predicted molar refractivity (Wildman–Crippen MR) is 66.1 cm³/mol. The van der Waals surface area contributed by atoms with Crippen molar-refractivity contribution in [1.29, 1.82) is 0 Å². The van der Waals surface area contributed by atoms with Gasteiger partial charge in [-0.3, -0.25) is 0 Å². The van der Waals surface area contributed by atoms with Crippen LogP contribution in [0.2, 0.25) is 0 Å². The SMILES string of the molecule is CCCc1nc(-c2c(F)cccc2F)c(N)n1N. The molecule has 0 saturated carbocycles. The van der Waals surface area contributed by atoms with Gasteiger partial charge in [0.2, 0.25) is 0 Å². The van der Waals surface area contributed by atoms with Gasteiger partial charge in [-0.05, 0) is 18.6 Å². The van der Waals surface area contributed by atoms with Gasteiger partial charge in [0.25, 0.3) is 0 Å². The number of hydrogen-bond acceptors (Lipinski definition) is 3. The fourth-order valence-electron chi connectivity index (χ4n) is 1.80. The number of anilines is 1. The number of nitrogens with zero attached hydrogens (tertiary/aromatic N) is 2. The van der Waals surface area contributed by atoms with Gasteiger partial charge in [0.1, 0.15) is 23.2 Å². The zero-order chi connectivity index (χ0) is 13.3. The molecule has 0 aliphatic rings. The summed E-state index contributed by atoms with van der Waals surface area (Å²) in [6.07, 6.45) is 1.41. The van der Waals surface area contributed by atoms with E-state index in [1.54, 1.807) is 0 Å². The lowest BCUT2D eigenvalue weighted by molar-refractivity contribution is 0.589. The minimum absolute atomic E-state index is 0.0524. The van der Waals surface area contributed by atoms with Gasteiger partial charge in [-0.1, -0.05) is 13.0 Å². The molecule has 18 heavy (non-hydrogen) atoms. The maximum atomic E-state index is 13.7. The number of nitrogen functional groups attached to an aromatic ring is 2. The largest absolute Gasteiger partial charge is 0.382 e. The Labute approximate surface area is 103 Å². The molecule has 0 aliphatic carbocycles. The maximum Gasteiger partial charge on any atom is 0.151 e. The first-order chi connectivity index (χ1) is 8.56. The maximum absolute atomic E-state index is 13.7. The molecule has 0 saturated heterocycles. The molecule has 0 radical (unpaired) electrons. The number of aryl methyl sites for hydroxylation is 1. The molecule has 6 heteroatoms. The van der Waals surface area contributed by atoms with Crippen LogP contribution < -0.4 is 11.6 Å². The molecule has 0 unspecified atom stereocenters. The molecule has 1 aromatic heterocycles. The first-order valence-electron chi connectivity index (χ1n) is 5.62. The van der Waals surface area contributed by atoms with Crippen LogP contribution in [0.25, 0.3) is 11.3 Å². The Morgan fingerprint density at radius 2 is 1.89 bits per heavy atom. The third-order valence-electron chi connectivity index (χ3n) is 2.69. The van der Waals surface area contributed by atoms with E-state index in [1.807, 2.05) is 6.92 Å². The van der Waals surface area contributed by atoms with E-state index >= 15 is 0 Å². The number of halogens is 2. The van der Waals surface area contributed by atoms with Crippen LogP contribution in [0, 0.1) is 11.6 Å². The molecule has 4 nitrogen and oxygen atoms in total.